The highest BCUT2D eigenvalue weighted by molar-refractivity contribution is 7.08. The van der Waals surface area contributed by atoms with Crippen molar-refractivity contribution in [2.24, 2.45) is 0 Å². The van der Waals surface area contributed by atoms with Gasteiger partial charge in [-0.3, -0.25) is 0 Å². The van der Waals surface area contributed by atoms with Crippen molar-refractivity contribution in [1.29, 1.82) is 0 Å². The Balaban J connectivity index is 2.11. The molecule has 1 unspecified atom stereocenters. The molecule has 0 saturated heterocycles. The SMILES string of the molecule is CCNCC(O)COc1ccsc1. The molecule has 0 bridgehead atoms. The van der Waals surface area contributed by atoms with Gasteiger partial charge in [0.25, 0.3) is 0 Å². The van der Waals surface area contributed by atoms with Crippen molar-refractivity contribution in [2.75, 3.05) is 19.7 Å². The van der Waals surface area contributed by atoms with Gasteiger partial charge in [0, 0.05) is 11.9 Å². The molecule has 1 aromatic rings. The van der Waals surface area contributed by atoms with Gasteiger partial charge in [-0.15, -0.1) is 11.3 Å². The van der Waals surface area contributed by atoms with E-state index in [1.807, 2.05) is 23.8 Å². The maximum Gasteiger partial charge on any atom is 0.130 e. The number of hydrogen-bond acceptors (Lipinski definition) is 4. The molecule has 1 rings (SSSR count). The summed E-state index contributed by atoms with van der Waals surface area (Å²) in [5.41, 5.74) is 0. The molecule has 0 aliphatic carbocycles. The van der Waals surface area contributed by atoms with Crippen molar-refractivity contribution in [2.45, 2.75) is 13.0 Å². The fourth-order valence-corrected chi connectivity index (χ4v) is 1.47. The minimum atomic E-state index is -0.431. The monoisotopic (exact) mass is 201 g/mol. The number of nitrogens with one attached hydrogen (secondary N) is 1. The zero-order chi connectivity index (χ0) is 9.52. The third kappa shape index (κ3) is 4.26. The van der Waals surface area contributed by atoms with Crippen LogP contribution in [0.25, 0.3) is 0 Å². The summed E-state index contributed by atoms with van der Waals surface area (Å²) in [5.74, 6) is 0.834. The lowest BCUT2D eigenvalue weighted by molar-refractivity contribution is 0.107. The lowest BCUT2D eigenvalue weighted by Gasteiger charge is -2.11. The van der Waals surface area contributed by atoms with Crippen molar-refractivity contribution in [3.05, 3.63) is 16.8 Å². The van der Waals surface area contributed by atoms with Crippen LogP contribution in [0.1, 0.15) is 6.92 Å². The molecular formula is C9H15NO2S. The predicted octanol–water partition coefficient (Wildman–Crippen LogP) is 1.10. The molecule has 0 saturated carbocycles. The van der Waals surface area contributed by atoms with Gasteiger partial charge in [-0.2, -0.15) is 0 Å². The molecule has 0 amide bonds. The van der Waals surface area contributed by atoms with Crippen molar-refractivity contribution in [1.82, 2.24) is 5.32 Å². The van der Waals surface area contributed by atoms with Crippen molar-refractivity contribution in [3.8, 4) is 5.75 Å². The van der Waals surface area contributed by atoms with E-state index in [1.165, 1.54) is 0 Å². The molecule has 1 aromatic heterocycles. The smallest absolute Gasteiger partial charge is 0.130 e. The maximum atomic E-state index is 9.40. The van der Waals surface area contributed by atoms with Gasteiger partial charge < -0.3 is 15.2 Å². The van der Waals surface area contributed by atoms with Gasteiger partial charge in [-0.05, 0) is 18.0 Å². The van der Waals surface area contributed by atoms with Crippen molar-refractivity contribution < 1.29 is 9.84 Å². The first-order chi connectivity index (χ1) is 6.33. The molecule has 0 spiro atoms. The van der Waals surface area contributed by atoms with Crippen LogP contribution in [-0.2, 0) is 0 Å². The van der Waals surface area contributed by atoms with Crippen LogP contribution in [0.15, 0.2) is 16.8 Å². The number of rotatable bonds is 6. The Morgan fingerprint density at radius 1 is 1.69 bits per heavy atom. The van der Waals surface area contributed by atoms with Crippen LogP contribution in [0, 0.1) is 0 Å². The highest BCUT2D eigenvalue weighted by Crippen LogP contribution is 2.14. The molecule has 0 radical (unpaired) electrons. The number of aliphatic hydroxyl groups excluding tert-OH is 1. The van der Waals surface area contributed by atoms with Crippen LogP contribution in [0.2, 0.25) is 0 Å². The predicted molar refractivity (Wildman–Crippen MR) is 54.4 cm³/mol. The summed E-state index contributed by atoms with van der Waals surface area (Å²) in [6.07, 6.45) is -0.431. The van der Waals surface area contributed by atoms with Gasteiger partial charge in [0.2, 0.25) is 0 Å². The second-order valence-corrected chi connectivity index (χ2v) is 3.51. The average Bonchev–Trinajstić information content (AvgIpc) is 2.64. The third-order valence-corrected chi connectivity index (χ3v) is 2.23. The van der Waals surface area contributed by atoms with E-state index in [0.717, 1.165) is 12.3 Å². The molecule has 4 heteroatoms. The Hall–Kier alpha value is -0.580. The highest BCUT2D eigenvalue weighted by Gasteiger charge is 2.03. The van der Waals surface area contributed by atoms with Gasteiger partial charge >= 0.3 is 0 Å². The number of aliphatic hydroxyl groups is 1. The Morgan fingerprint density at radius 3 is 3.15 bits per heavy atom. The van der Waals surface area contributed by atoms with Crippen molar-refractivity contribution in [3.63, 3.8) is 0 Å². The zero-order valence-corrected chi connectivity index (χ0v) is 8.51. The van der Waals surface area contributed by atoms with Crippen molar-refractivity contribution >= 4 is 11.3 Å². The molecule has 0 aromatic carbocycles. The lowest BCUT2D eigenvalue weighted by Crippen LogP contribution is -2.31. The first-order valence-corrected chi connectivity index (χ1v) is 5.31. The second kappa shape index (κ2) is 5.96. The van der Waals surface area contributed by atoms with Gasteiger partial charge in [0.1, 0.15) is 18.5 Å². The van der Waals surface area contributed by atoms with Gasteiger partial charge in [-0.25, -0.2) is 0 Å². The molecule has 1 heterocycles. The first kappa shape index (κ1) is 10.5. The van der Waals surface area contributed by atoms with E-state index in [2.05, 4.69) is 5.32 Å². The van der Waals surface area contributed by atoms with Crippen LogP contribution >= 0.6 is 11.3 Å². The summed E-state index contributed by atoms with van der Waals surface area (Å²) >= 11 is 1.59. The summed E-state index contributed by atoms with van der Waals surface area (Å²) in [7, 11) is 0. The number of hydrogen-bond donors (Lipinski definition) is 2. The third-order valence-electron chi connectivity index (χ3n) is 1.57. The van der Waals surface area contributed by atoms with E-state index in [9.17, 15) is 5.11 Å². The normalized spacial score (nSPS) is 12.8. The summed E-state index contributed by atoms with van der Waals surface area (Å²) in [5, 5.41) is 16.3. The fraction of sp³-hybridized carbons (Fsp3) is 0.556. The Labute approximate surface area is 82.4 Å². The van der Waals surface area contributed by atoms with E-state index in [4.69, 9.17) is 4.74 Å². The van der Waals surface area contributed by atoms with Crippen LogP contribution in [0.5, 0.6) is 5.75 Å². The van der Waals surface area contributed by atoms with Crippen LogP contribution in [0.3, 0.4) is 0 Å². The molecule has 0 fully saturated rings. The molecule has 0 aliphatic heterocycles. The molecule has 3 nitrogen and oxygen atoms in total. The minimum Gasteiger partial charge on any atom is -0.490 e. The van der Waals surface area contributed by atoms with Gasteiger partial charge in [-0.1, -0.05) is 6.92 Å². The Morgan fingerprint density at radius 2 is 2.54 bits per heavy atom. The fourth-order valence-electron chi connectivity index (χ4n) is 0.896. The van der Waals surface area contributed by atoms with Crippen LogP contribution in [-0.4, -0.2) is 30.9 Å². The topological polar surface area (TPSA) is 41.5 Å². The number of ether oxygens (including phenoxy) is 1. The molecule has 2 N–H and O–H groups in total. The quantitative estimate of drug-likeness (QED) is 0.724. The summed E-state index contributed by atoms with van der Waals surface area (Å²) in [6.45, 7) is 3.81. The molecule has 74 valence electrons. The van der Waals surface area contributed by atoms with Gasteiger partial charge in [0.15, 0.2) is 0 Å². The summed E-state index contributed by atoms with van der Waals surface area (Å²) in [4.78, 5) is 0. The Kier molecular flexibility index (Phi) is 4.82. The van der Waals surface area contributed by atoms with Crippen LogP contribution in [0.4, 0.5) is 0 Å². The van der Waals surface area contributed by atoms with Gasteiger partial charge in [0.05, 0.1) is 0 Å². The van der Waals surface area contributed by atoms with E-state index >= 15 is 0 Å². The van der Waals surface area contributed by atoms with Crippen LogP contribution < -0.4 is 10.1 Å². The molecular weight excluding hydrogens is 186 g/mol. The average molecular weight is 201 g/mol. The minimum absolute atomic E-state index is 0.351. The lowest BCUT2D eigenvalue weighted by atomic mass is 10.4. The molecule has 13 heavy (non-hydrogen) atoms. The highest BCUT2D eigenvalue weighted by atomic mass is 32.1. The number of likely N-dealkylation sites (N-methyl/N-ethyl adjacent to an activating group) is 1. The zero-order valence-electron chi connectivity index (χ0n) is 7.69. The number of thiophene rings is 1. The second-order valence-electron chi connectivity index (χ2n) is 2.73. The van der Waals surface area contributed by atoms with E-state index in [1.54, 1.807) is 11.3 Å². The standard InChI is InChI=1S/C9H15NO2S/c1-2-10-5-8(11)6-12-9-3-4-13-7-9/h3-4,7-8,10-11H,2,5-6H2,1H3. The Bertz CT molecular complexity index is 213. The van der Waals surface area contributed by atoms with E-state index < -0.39 is 6.10 Å². The molecule has 1 atom stereocenters. The maximum absolute atomic E-state index is 9.40. The first-order valence-electron chi connectivity index (χ1n) is 4.36. The van der Waals surface area contributed by atoms with E-state index in [-0.39, 0.29) is 0 Å². The summed E-state index contributed by atoms with van der Waals surface area (Å²) < 4.78 is 5.33. The molecule has 0 aliphatic rings. The summed E-state index contributed by atoms with van der Waals surface area (Å²) in [6, 6.07) is 1.89. The largest absolute Gasteiger partial charge is 0.490 e. The van der Waals surface area contributed by atoms with E-state index in [0.29, 0.717) is 13.2 Å².